The summed E-state index contributed by atoms with van der Waals surface area (Å²) < 4.78 is 5.61. The Balaban J connectivity index is 2.10. The number of unbranched alkanes of at least 4 members (excludes halogenated alkanes) is 9. The van der Waals surface area contributed by atoms with Crippen molar-refractivity contribution < 1.29 is 9.66 Å². The van der Waals surface area contributed by atoms with Crippen LogP contribution < -0.4 is 4.74 Å². The molecule has 0 fully saturated rings. The molecule has 0 atom stereocenters. The fourth-order valence-electron chi connectivity index (χ4n) is 2.75. The van der Waals surface area contributed by atoms with Crippen LogP contribution in [-0.4, -0.2) is 11.5 Å². The van der Waals surface area contributed by atoms with Gasteiger partial charge in [0.05, 0.1) is 11.5 Å². The number of rotatable bonds is 13. The first kappa shape index (κ1) is 19.5. The number of nitrogens with zero attached hydrogens (tertiary/aromatic N) is 1. The Morgan fingerprint density at radius 1 is 0.957 bits per heavy atom. The number of benzene rings is 1. The lowest BCUT2D eigenvalue weighted by molar-refractivity contribution is -0.386. The van der Waals surface area contributed by atoms with E-state index in [0.29, 0.717) is 17.9 Å². The molecule has 0 saturated carbocycles. The molecule has 0 aliphatic heterocycles. The van der Waals surface area contributed by atoms with E-state index in [4.69, 9.17) is 4.74 Å². The van der Waals surface area contributed by atoms with Gasteiger partial charge in [-0.3, -0.25) is 10.1 Å². The molecule has 0 aliphatic carbocycles. The standard InChI is InChI=1S/C19H31NO3/c1-3-4-5-6-7-8-9-10-11-12-16-23-18-15-13-14-17(2)19(18)20(21)22/h13-15H,3-12,16H2,1-2H3. The number of aryl methyl sites for hydroxylation is 1. The molecule has 0 heterocycles. The van der Waals surface area contributed by atoms with E-state index in [-0.39, 0.29) is 10.6 Å². The molecule has 4 nitrogen and oxygen atoms in total. The molecule has 1 aromatic carbocycles. The van der Waals surface area contributed by atoms with E-state index in [2.05, 4.69) is 6.92 Å². The largest absolute Gasteiger partial charge is 0.487 e. The van der Waals surface area contributed by atoms with Crippen LogP contribution in [0.25, 0.3) is 0 Å². The van der Waals surface area contributed by atoms with Crippen LogP contribution in [0.1, 0.15) is 76.7 Å². The minimum Gasteiger partial charge on any atom is -0.487 e. The molecule has 0 N–H and O–H groups in total. The highest BCUT2D eigenvalue weighted by molar-refractivity contribution is 5.51. The lowest BCUT2D eigenvalue weighted by atomic mass is 10.1. The number of nitro benzene ring substituents is 1. The second-order valence-electron chi connectivity index (χ2n) is 6.21. The Bertz CT molecular complexity index is 460. The van der Waals surface area contributed by atoms with E-state index in [9.17, 15) is 10.1 Å². The summed E-state index contributed by atoms with van der Waals surface area (Å²) in [4.78, 5) is 10.7. The van der Waals surface area contributed by atoms with Crippen LogP contribution in [0.3, 0.4) is 0 Å². The van der Waals surface area contributed by atoms with Gasteiger partial charge in [-0.25, -0.2) is 0 Å². The quantitative estimate of drug-likeness (QED) is 0.247. The maximum absolute atomic E-state index is 11.1. The van der Waals surface area contributed by atoms with Gasteiger partial charge in [0.1, 0.15) is 0 Å². The molecule has 23 heavy (non-hydrogen) atoms. The molecule has 0 aliphatic rings. The van der Waals surface area contributed by atoms with Gasteiger partial charge in [0.15, 0.2) is 5.75 Å². The van der Waals surface area contributed by atoms with Gasteiger partial charge in [-0.05, 0) is 19.4 Å². The molecule has 4 heteroatoms. The monoisotopic (exact) mass is 321 g/mol. The third-order valence-electron chi connectivity index (χ3n) is 4.14. The van der Waals surface area contributed by atoms with Gasteiger partial charge in [0, 0.05) is 5.56 Å². The molecule has 1 rings (SSSR count). The molecule has 0 amide bonds. The molecule has 0 aromatic heterocycles. The average molecular weight is 321 g/mol. The van der Waals surface area contributed by atoms with Gasteiger partial charge in [-0.15, -0.1) is 0 Å². The van der Waals surface area contributed by atoms with E-state index in [1.807, 2.05) is 0 Å². The van der Waals surface area contributed by atoms with Gasteiger partial charge in [-0.1, -0.05) is 76.8 Å². The first-order valence-electron chi connectivity index (χ1n) is 9.03. The smallest absolute Gasteiger partial charge is 0.313 e. The molecule has 0 bridgehead atoms. The van der Waals surface area contributed by atoms with Crippen molar-refractivity contribution in [2.45, 2.75) is 78.1 Å². The van der Waals surface area contributed by atoms with Crippen molar-refractivity contribution in [2.24, 2.45) is 0 Å². The number of hydrogen-bond donors (Lipinski definition) is 0. The van der Waals surface area contributed by atoms with Gasteiger partial charge in [0.25, 0.3) is 0 Å². The molecule has 0 unspecified atom stereocenters. The SMILES string of the molecule is CCCCCCCCCCCCOc1cccc(C)c1[N+](=O)[O-]. The lowest BCUT2D eigenvalue weighted by Gasteiger charge is -2.08. The summed E-state index contributed by atoms with van der Waals surface area (Å²) in [6.07, 6.45) is 12.7. The van der Waals surface area contributed by atoms with Crippen LogP contribution in [-0.2, 0) is 0 Å². The van der Waals surface area contributed by atoms with E-state index in [1.165, 1.54) is 51.4 Å². The topological polar surface area (TPSA) is 52.4 Å². The molecule has 1 aromatic rings. The molecule has 0 radical (unpaired) electrons. The molecular weight excluding hydrogens is 290 g/mol. The Kier molecular flexibility index (Phi) is 10.1. The van der Waals surface area contributed by atoms with Crippen LogP contribution >= 0.6 is 0 Å². The van der Waals surface area contributed by atoms with Gasteiger partial charge in [0.2, 0.25) is 0 Å². The highest BCUT2D eigenvalue weighted by atomic mass is 16.6. The minimum atomic E-state index is -0.358. The summed E-state index contributed by atoms with van der Waals surface area (Å²) >= 11 is 0. The zero-order valence-electron chi connectivity index (χ0n) is 14.7. The van der Waals surface area contributed by atoms with Crippen LogP contribution in [0.4, 0.5) is 5.69 Å². The normalized spacial score (nSPS) is 10.7. The fourth-order valence-corrected chi connectivity index (χ4v) is 2.75. The van der Waals surface area contributed by atoms with Crippen molar-refractivity contribution in [3.63, 3.8) is 0 Å². The van der Waals surface area contributed by atoms with E-state index in [1.54, 1.807) is 25.1 Å². The van der Waals surface area contributed by atoms with Crippen molar-refractivity contribution in [2.75, 3.05) is 6.61 Å². The van der Waals surface area contributed by atoms with E-state index in [0.717, 1.165) is 12.8 Å². The Labute approximate surface area is 140 Å². The van der Waals surface area contributed by atoms with Gasteiger partial charge in [-0.2, -0.15) is 0 Å². The Morgan fingerprint density at radius 3 is 2.09 bits per heavy atom. The van der Waals surface area contributed by atoms with Crippen LogP contribution in [0.2, 0.25) is 0 Å². The predicted molar refractivity (Wildman–Crippen MR) is 95.2 cm³/mol. The van der Waals surface area contributed by atoms with Crippen LogP contribution in [0, 0.1) is 17.0 Å². The van der Waals surface area contributed by atoms with Crippen LogP contribution in [0.15, 0.2) is 18.2 Å². The summed E-state index contributed by atoms with van der Waals surface area (Å²) in [6, 6.07) is 5.23. The van der Waals surface area contributed by atoms with Crippen molar-refractivity contribution in [3.8, 4) is 5.75 Å². The zero-order chi connectivity index (χ0) is 16.9. The van der Waals surface area contributed by atoms with Crippen molar-refractivity contribution in [3.05, 3.63) is 33.9 Å². The lowest BCUT2D eigenvalue weighted by Crippen LogP contribution is -2.01. The number of para-hydroxylation sites is 1. The highest BCUT2D eigenvalue weighted by Gasteiger charge is 2.17. The first-order valence-corrected chi connectivity index (χ1v) is 9.03. The Hall–Kier alpha value is -1.58. The third-order valence-corrected chi connectivity index (χ3v) is 4.14. The number of hydrogen-bond acceptors (Lipinski definition) is 3. The van der Waals surface area contributed by atoms with Gasteiger partial charge >= 0.3 is 5.69 Å². The maximum atomic E-state index is 11.1. The zero-order valence-corrected chi connectivity index (χ0v) is 14.7. The second kappa shape index (κ2) is 11.9. The molecule has 130 valence electrons. The molecular formula is C19H31NO3. The predicted octanol–water partition coefficient (Wildman–Crippen LogP) is 6.20. The van der Waals surface area contributed by atoms with Crippen molar-refractivity contribution in [1.29, 1.82) is 0 Å². The summed E-state index contributed by atoms with van der Waals surface area (Å²) in [5, 5.41) is 11.1. The molecule has 0 saturated heterocycles. The molecule has 0 spiro atoms. The minimum absolute atomic E-state index is 0.0968. The summed E-state index contributed by atoms with van der Waals surface area (Å²) in [5.74, 6) is 0.394. The number of nitro groups is 1. The number of ether oxygens (including phenoxy) is 1. The fraction of sp³-hybridized carbons (Fsp3) is 0.684. The average Bonchev–Trinajstić information content (AvgIpc) is 2.52. The van der Waals surface area contributed by atoms with E-state index >= 15 is 0 Å². The first-order chi connectivity index (χ1) is 11.2. The van der Waals surface area contributed by atoms with Crippen LogP contribution in [0.5, 0.6) is 5.75 Å². The summed E-state index contributed by atoms with van der Waals surface area (Å²) in [6.45, 7) is 4.54. The second-order valence-corrected chi connectivity index (χ2v) is 6.21. The Morgan fingerprint density at radius 2 is 1.52 bits per heavy atom. The van der Waals surface area contributed by atoms with Gasteiger partial charge < -0.3 is 4.74 Å². The summed E-state index contributed by atoms with van der Waals surface area (Å²) in [7, 11) is 0. The highest BCUT2D eigenvalue weighted by Crippen LogP contribution is 2.30. The van der Waals surface area contributed by atoms with Crippen molar-refractivity contribution >= 4 is 5.69 Å². The third kappa shape index (κ3) is 8.00. The maximum Gasteiger partial charge on any atom is 0.313 e. The van der Waals surface area contributed by atoms with Crippen molar-refractivity contribution in [1.82, 2.24) is 0 Å². The summed E-state index contributed by atoms with van der Waals surface area (Å²) in [5.41, 5.74) is 0.746. The van der Waals surface area contributed by atoms with E-state index < -0.39 is 0 Å².